The fourth-order valence-corrected chi connectivity index (χ4v) is 3.25. The van der Waals surface area contributed by atoms with Crippen molar-refractivity contribution in [2.24, 2.45) is 0 Å². The van der Waals surface area contributed by atoms with Crippen molar-refractivity contribution in [1.82, 2.24) is 9.55 Å². The minimum absolute atomic E-state index is 0.191. The van der Waals surface area contributed by atoms with E-state index in [1.807, 2.05) is 24.5 Å². The molecule has 24 heavy (non-hydrogen) atoms. The van der Waals surface area contributed by atoms with E-state index in [1.54, 1.807) is 0 Å². The third-order valence-corrected chi connectivity index (χ3v) is 4.63. The fourth-order valence-electron chi connectivity index (χ4n) is 3.25. The summed E-state index contributed by atoms with van der Waals surface area (Å²) >= 11 is 0. The molecule has 1 aromatic carbocycles. The summed E-state index contributed by atoms with van der Waals surface area (Å²) in [6.07, 6.45) is 5.81. The Morgan fingerprint density at radius 3 is 2.58 bits per heavy atom. The molecule has 0 aliphatic rings. The lowest BCUT2D eigenvalue weighted by molar-refractivity contribution is 0.627. The van der Waals surface area contributed by atoms with Gasteiger partial charge in [0.1, 0.15) is 5.82 Å². The number of benzene rings is 1. The smallest absolute Gasteiger partial charge is 0.123 e. The molecule has 0 atom stereocenters. The zero-order valence-corrected chi connectivity index (χ0v) is 14.6. The highest BCUT2D eigenvalue weighted by atomic mass is 19.1. The average molecular weight is 325 g/mol. The molecule has 0 bridgehead atoms. The molecule has 4 heteroatoms. The molecule has 2 heterocycles. The molecular formula is C20H24FN3. The predicted molar refractivity (Wildman–Crippen MR) is 98.1 cm³/mol. The van der Waals surface area contributed by atoms with E-state index < -0.39 is 0 Å². The average Bonchev–Trinajstić information content (AvgIpc) is 2.83. The van der Waals surface area contributed by atoms with Crippen molar-refractivity contribution in [3.8, 4) is 0 Å². The third-order valence-electron chi connectivity index (χ3n) is 4.63. The van der Waals surface area contributed by atoms with Crippen molar-refractivity contribution in [1.29, 1.82) is 0 Å². The largest absolute Gasteiger partial charge is 0.383 e. The van der Waals surface area contributed by atoms with Crippen molar-refractivity contribution in [3.05, 3.63) is 59.3 Å². The highest BCUT2D eigenvalue weighted by Gasteiger charge is 2.14. The molecule has 0 saturated heterocycles. The molecule has 1 N–H and O–H groups in total. The number of halogens is 1. The maximum Gasteiger partial charge on any atom is 0.123 e. The van der Waals surface area contributed by atoms with Gasteiger partial charge in [0.2, 0.25) is 0 Å². The van der Waals surface area contributed by atoms with Gasteiger partial charge in [0.25, 0.3) is 0 Å². The van der Waals surface area contributed by atoms with Crippen LogP contribution in [0.3, 0.4) is 0 Å². The molecule has 0 saturated carbocycles. The van der Waals surface area contributed by atoms with E-state index in [0.717, 1.165) is 37.2 Å². The Labute approximate surface area is 142 Å². The van der Waals surface area contributed by atoms with E-state index in [4.69, 9.17) is 0 Å². The highest BCUT2D eigenvalue weighted by Crippen LogP contribution is 2.30. The summed E-state index contributed by atoms with van der Waals surface area (Å²) in [4.78, 5) is 4.41. The number of aryl methyl sites for hydroxylation is 2. The molecular weight excluding hydrogens is 301 g/mol. The highest BCUT2D eigenvalue weighted by molar-refractivity contribution is 5.95. The van der Waals surface area contributed by atoms with Gasteiger partial charge >= 0.3 is 0 Å². The Morgan fingerprint density at radius 1 is 1.12 bits per heavy atom. The minimum Gasteiger partial charge on any atom is -0.383 e. The Bertz CT molecular complexity index is 834. The molecule has 3 aromatic rings. The minimum atomic E-state index is -0.191. The number of fused-ring (bicyclic) bond motifs is 1. The third kappa shape index (κ3) is 3.14. The van der Waals surface area contributed by atoms with Crippen molar-refractivity contribution < 1.29 is 4.39 Å². The van der Waals surface area contributed by atoms with Crippen LogP contribution in [0, 0.1) is 19.7 Å². The van der Waals surface area contributed by atoms with Crippen molar-refractivity contribution in [2.45, 2.75) is 40.2 Å². The maximum atomic E-state index is 13.0. The first kappa shape index (κ1) is 16.5. The zero-order chi connectivity index (χ0) is 17.1. The maximum absolute atomic E-state index is 13.0. The van der Waals surface area contributed by atoms with Crippen LogP contribution in [0.4, 0.5) is 10.1 Å². The van der Waals surface area contributed by atoms with E-state index in [0.29, 0.717) is 0 Å². The standard InChI is InChI=1S/C20H24FN3/c1-4-11-24-15(3)14(2)20-18(12-22-13-19(20)24)23-10-9-16-5-7-17(21)8-6-16/h5-8,12-13,23H,4,9-11H2,1-3H3. The lowest BCUT2D eigenvalue weighted by atomic mass is 10.1. The zero-order valence-electron chi connectivity index (χ0n) is 14.6. The van der Waals surface area contributed by atoms with Gasteiger partial charge in [-0.2, -0.15) is 0 Å². The first-order valence-corrected chi connectivity index (χ1v) is 8.53. The van der Waals surface area contributed by atoms with Gasteiger partial charge in [0.05, 0.1) is 23.6 Å². The van der Waals surface area contributed by atoms with Crippen LogP contribution in [0.2, 0.25) is 0 Å². The van der Waals surface area contributed by atoms with Gasteiger partial charge in [0.15, 0.2) is 0 Å². The summed E-state index contributed by atoms with van der Waals surface area (Å²) in [6.45, 7) is 8.35. The number of aromatic nitrogens is 2. The molecule has 0 fully saturated rings. The van der Waals surface area contributed by atoms with Crippen LogP contribution in [0.15, 0.2) is 36.7 Å². The van der Waals surface area contributed by atoms with Crippen LogP contribution in [0.1, 0.15) is 30.2 Å². The van der Waals surface area contributed by atoms with Gasteiger partial charge in [-0.25, -0.2) is 4.39 Å². The van der Waals surface area contributed by atoms with Crippen molar-refractivity contribution in [3.63, 3.8) is 0 Å². The van der Waals surface area contributed by atoms with Crippen LogP contribution in [0.25, 0.3) is 10.9 Å². The molecule has 0 aliphatic carbocycles. The van der Waals surface area contributed by atoms with E-state index in [9.17, 15) is 4.39 Å². The first-order chi connectivity index (χ1) is 11.6. The van der Waals surface area contributed by atoms with Crippen LogP contribution in [-0.2, 0) is 13.0 Å². The number of nitrogens with one attached hydrogen (secondary N) is 1. The number of nitrogens with zero attached hydrogens (tertiary/aromatic N) is 2. The van der Waals surface area contributed by atoms with Gasteiger partial charge in [-0.3, -0.25) is 4.98 Å². The van der Waals surface area contributed by atoms with Gasteiger partial charge in [-0.15, -0.1) is 0 Å². The number of anilines is 1. The molecule has 0 unspecified atom stereocenters. The second kappa shape index (κ2) is 7.04. The molecule has 126 valence electrons. The second-order valence-electron chi connectivity index (χ2n) is 6.25. The molecule has 2 aromatic heterocycles. The van der Waals surface area contributed by atoms with Gasteiger partial charge in [-0.05, 0) is 49.9 Å². The number of rotatable bonds is 6. The van der Waals surface area contributed by atoms with Crippen LogP contribution in [0.5, 0.6) is 0 Å². The van der Waals surface area contributed by atoms with Crippen molar-refractivity contribution >= 4 is 16.6 Å². The lowest BCUT2D eigenvalue weighted by Crippen LogP contribution is -2.06. The molecule has 0 aliphatic heterocycles. The number of pyridine rings is 1. The molecule has 0 amide bonds. The van der Waals surface area contributed by atoms with E-state index in [-0.39, 0.29) is 5.82 Å². The summed E-state index contributed by atoms with van der Waals surface area (Å²) in [5, 5.41) is 4.76. The van der Waals surface area contributed by atoms with Gasteiger partial charge in [-0.1, -0.05) is 19.1 Å². The molecule has 0 radical (unpaired) electrons. The number of hydrogen-bond acceptors (Lipinski definition) is 2. The monoisotopic (exact) mass is 325 g/mol. The second-order valence-corrected chi connectivity index (χ2v) is 6.25. The number of hydrogen-bond donors (Lipinski definition) is 1. The SMILES string of the molecule is CCCn1c(C)c(C)c2c(NCCc3ccc(F)cc3)cncc21. The van der Waals surface area contributed by atoms with E-state index >= 15 is 0 Å². The van der Waals surface area contributed by atoms with Gasteiger partial charge < -0.3 is 9.88 Å². The predicted octanol–water partition coefficient (Wildman–Crippen LogP) is 4.86. The Balaban J connectivity index is 1.82. The van der Waals surface area contributed by atoms with Crippen LogP contribution < -0.4 is 5.32 Å². The molecule has 3 nitrogen and oxygen atoms in total. The quantitative estimate of drug-likeness (QED) is 0.701. The van der Waals surface area contributed by atoms with Gasteiger partial charge in [0, 0.05) is 24.2 Å². The molecule has 0 spiro atoms. The topological polar surface area (TPSA) is 29.9 Å². The normalized spacial score (nSPS) is 11.2. The fraction of sp³-hybridized carbons (Fsp3) is 0.350. The van der Waals surface area contributed by atoms with E-state index in [1.165, 1.54) is 34.3 Å². The van der Waals surface area contributed by atoms with Crippen molar-refractivity contribution in [2.75, 3.05) is 11.9 Å². The van der Waals surface area contributed by atoms with Crippen LogP contribution >= 0.6 is 0 Å². The summed E-state index contributed by atoms with van der Waals surface area (Å²) in [5.41, 5.74) is 6.01. The summed E-state index contributed by atoms with van der Waals surface area (Å²) in [6, 6.07) is 6.69. The lowest BCUT2D eigenvalue weighted by Gasteiger charge is -2.09. The van der Waals surface area contributed by atoms with Crippen LogP contribution in [-0.4, -0.2) is 16.1 Å². The Morgan fingerprint density at radius 2 is 1.88 bits per heavy atom. The molecule has 3 rings (SSSR count). The Kier molecular flexibility index (Phi) is 4.84. The summed E-state index contributed by atoms with van der Waals surface area (Å²) in [7, 11) is 0. The summed E-state index contributed by atoms with van der Waals surface area (Å²) < 4.78 is 15.3. The summed E-state index contributed by atoms with van der Waals surface area (Å²) in [5.74, 6) is -0.191. The van der Waals surface area contributed by atoms with E-state index in [2.05, 4.69) is 35.6 Å². The first-order valence-electron chi connectivity index (χ1n) is 8.53. The Hall–Kier alpha value is -2.36.